The molecule has 2 saturated heterocycles. The number of nitriles is 2. The number of aliphatic hydroxyl groups excluding tert-OH is 2. The molecule has 2 aliphatic rings. The first kappa shape index (κ1) is 17.8. The van der Waals surface area contributed by atoms with Gasteiger partial charge in [-0.05, 0) is 23.5 Å². The number of thiocyanates is 2. The summed E-state index contributed by atoms with van der Waals surface area (Å²) in [6.45, 7) is 0.270. The maximum absolute atomic E-state index is 10.2. The fraction of sp³-hybridized carbons (Fsp3) is 0.833. The molecule has 0 aromatic rings. The monoisotopic (exact) mass is 348 g/mol. The molecule has 6 atom stereocenters. The third-order valence-corrected chi connectivity index (χ3v) is 4.36. The zero-order valence-corrected chi connectivity index (χ0v) is 13.2. The summed E-state index contributed by atoms with van der Waals surface area (Å²) in [5.74, 6) is 0.679. The van der Waals surface area contributed by atoms with Gasteiger partial charge in [-0.3, -0.25) is 0 Å². The average Bonchev–Trinajstić information content (AvgIpc) is 3.18. The van der Waals surface area contributed by atoms with E-state index in [4.69, 9.17) is 29.5 Å². The number of rotatable bonds is 7. The molecule has 2 aliphatic heterocycles. The van der Waals surface area contributed by atoms with Gasteiger partial charge in [0.15, 0.2) is 12.6 Å². The lowest BCUT2D eigenvalue weighted by atomic mass is 10.0. The first-order chi connectivity index (χ1) is 10.7. The Kier molecular flexibility index (Phi) is 7.21. The minimum Gasteiger partial charge on any atom is -0.387 e. The Labute approximate surface area is 136 Å². The van der Waals surface area contributed by atoms with Crippen LogP contribution >= 0.6 is 23.5 Å². The highest BCUT2D eigenvalue weighted by Crippen LogP contribution is 2.24. The van der Waals surface area contributed by atoms with Crippen molar-refractivity contribution < 1.29 is 29.2 Å². The third kappa shape index (κ3) is 4.72. The van der Waals surface area contributed by atoms with Gasteiger partial charge in [0, 0.05) is 0 Å². The summed E-state index contributed by atoms with van der Waals surface area (Å²) in [5, 5.41) is 41.1. The van der Waals surface area contributed by atoms with E-state index in [0.717, 1.165) is 23.5 Å². The largest absolute Gasteiger partial charge is 0.387 e. The number of hydrogen-bond donors (Lipinski definition) is 2. The van der Waals surface area contributed by atoms with Gasteiger partial charge in [0.05, 0.1) is 24.7 Å². The summed E-state index contributed by atoms with van der Waals surface area (Å²) in [4.78, 5) is 0. The van der Waals surface area contributed by atoms with Crippen molar-refractivity contribution in [1.82, 2.24) is 0 Å². The highest BCUT2D eigenvalue weighted by Gasteiger charge is 2.41. The summed E-state index contributed by atoms with van der Waals surface area (Å²) in [6.07, 6.45) is -4.89. The lowest BCUT2D eigenvalue weighted by Crippen LogP contribution is -2.46. The van der Waals surface area contributed by atoms with Crippen LogP contribution in [0.25, 0.3) is 0 Å². The average molecular weight is 348 g/mol. The molecule has 0 bridgehead atoms. The van der Waals surface area contributed by atoms with Gasteiger partial charge < -0.3 is 29.2 Å². The molecule has 10 heteroatoms. The molecule has 0 aromatic carbocycles. The van der Waals surface area contributed by atoms with E-state index >= 15 is 0 Å². The fourth-order valence-corrected chi connectivity index (χ4v) is 2.91. The molecular formula is C12H16N2O6S2. The van der Waals surface area contributed by atoms with Gasteiger partial charge in [0.25, 0.3) is 0 Å². The van der Waals surface area contributed by atoms with Crippen LogP contribution in [0.2, 0.25) is 0 Å². The first-order valence-corrected chi connectivity index (χ1v) is 8.54. The zero-order valence-electron chi connectivity index (χ0n) is 11.5. The van der Waals surface area contributed by atoms with Crippen LogP contribution in [-0.4, -0.2) is 71.9 Å². The summed E-state index contributed by atoms with van der Waals surface area (Å²) in [7, 11) is 0. The van der Waals surface area contributed by atoms with Crippen LogP contribution in [0.5, 0.6) is 0 Å². The normalized spacial score (nSPS) is 34.0. The van der Waals surface area contributed by atoms with Crippen molar-refractivity contribution >= 4 is 23.5 Å². The summed E-state index contributed by atoms with van der Waals surface area (Å²) < 4.78 is 21.5. The molecule has 0 aromatic heterocycles. The highest BCUT2D eigenvalue weighted by atomic mass is 32.2. The molecule has 2 fully saturated rings. The molecular weight excluding hydrogens is 332 g/mol. The Morgan fingerprint density at radius 1 is 0.909 bits per heavy atom. The van der Waals surface area contributed by atoms with Gasteiger partial charge in [-0.15, -0.1) is 0 Å². The molecule has 2 heterocycles. The van der Waals surface area contributed by atoms with Crippen LogP contribution in [0.3, 0.4) is 0 Å². The molecule has 122 valence electrons. The summed E-state index contributed by atoms with van der Waals surface area (Å²) >= 11 is 2.00. The Morgan fingerprint density at radius 3 is 1.68 bits per heavy atom. The molecule has 2 N–H and O–H groups in total. The van der Waals surface area contributed by atoms with E-state index in [0.29, 0.717) is 11.5 Å². The second-order valence-corrected chi connectivity index (χ2v) is 6.27. The molecule has 2 rings (SSSR count). The molecule has 0 spiro atoms. The van der Waals surface area contributed by atoms with E-state index in [2.05, 4.69) is 0 Å². The Hall–Kier alpha value is -0.560. The lowest BCUT2D eigenvalue weighted by Gasteiger charge is -2.25. The summed E-state index contributed by atoms with van der Waals surface area (Å²) in [5.41, 5.74) is 0. The van der Waals surface area contributed by atoms with E-state index in [-0.39, 0.29) is 13.2 Å². The molecule has 0 radical (unpaired) electrons. The quantitative estimate of drug-likeness (QED) is 0.588. The number of ether oxygens (including phenoxy) is 4. The van der Waals surface area contributed by atoms with E-state index < -0.39 is 37.0 Å². The van der Waals surface area contributed by atoms with Gasteiger partial charge in [-0.1, -0.05) is 0 Å². The Morgan fingerprint density at radius 2 is 1.32 bits per heavy atom. The number of thioether (sulfide) groups is 2. The van der Waals surface area contributed by atoms with Crippen LogP contribution in [0.15, 0.2) is 0 Å². The van der Waals surface area contributed by atoms with Crippen LogP contribution in [-0.2, 0) is 18.9 Å². The van der Waals surface area contributed by atoms with Crippen molar-refractivity contribution in [2.75, 3.05) is 24.7 Å². The van der Waals surface area contributed by atoms with Crippen molar-refractivity contribution in [3.63, 3.8) is 0 Å². The molecule has 8 nitrogen and oxygen atoms in total. The van der Waals surface area contributed by atoms with E-state index in [1.807, 2.05) is 10.8 Å². The number of nitrogens with zero attached hydrogens (tertiary/aromatic N) is 2. The molecule has 22 heavy (non-hydrogen) atoms. The van der Waals surface area contributed by atoms with Crippen molar-refractivity contribution in [1.29, 1.82) is 10.5 Å². The van der Waals surface area contributed by atoms with Gasteiger partial charge in [-0.2, -0.15) is 10.5 Å². The predicted molar refractivity (Wildman–Crippen MR) is 77.4 cm³/mol. The van der Waals surface area contributed by atoms with Gasteiger partial charge >= 0.3 is 0 Å². The SMILES string of the molecule is N#CSCC1OCC(C(O)C(O)C2COC(CSC#N)O2)O1. The predicted octanol–water partition coefficient (Wildman–Crippen LogP) is -0.380. The van der Waals surface area contributed by atoms with Crippen LogP contribution in [0.1, 0.15) is 0 Å². The zero-order chi connectivity index (χ0) is 15.9. The molecule has 0 saturated carbocycles. The lowest BCUT2D eigenvalue weighted by molar-refractivity contribution is -0.132. The minimum atomic E-state index is -1.19. The maximum Gasteiger partial charge on any atom is 0.168 e. The van der Waals surface area contributed by atoms with Crippen molar-refractivity contribution in [2.45, 2.75) is 37.0 Å². The Balaban J connectivity index is 1.77. The first-order valence-electron chi connectivity index (χ1n) is 6.57. The number of aliphatic hydroxyl groups is 2. The van der Waals surface area contributed by atoms with E-state index in [9.17, 15) is 10.2 Å². The maximum atomic E-state index is 10.2. The van der Waals surface area contributed by atoms with Crippen molar-refractivity contribution in [3.8, 4) is 10.8 Å². The van der Waals surface area contributed by atoms with Crippen molar-refractivity contribution in [2.24, 2.45) is 0 Å². The summed E-state index contributed by atoms with van der Waals surface area (Å²) in [6, 6.07) is 0. The second-order valence-electron chi connectivity index (χ2n) is 4.66. The van der Waals surface area contributed by atoms with Crippen molar-refractivity contribution in [3.05, 3.63) is 0 Å². The van der Waals surface area contributed by atoms with Gasteiger partial charge in [0.2, 0.25) is 0 Å². The van der Waals surface area contributed by atoms with Crippen LogP contribution < -0.4 is 0 Å². The molecule has 6 unspecified atom stereocenters. The minimum absolute atomic E-state index is 0.135. The van der Waals surface area contributed by atoms with Gasteiger partial charge in [0.1, 0.15) is 35.2 Å². The number of hydrogen-bond acceptors (Lipinski definition) is 10. The Bertz CT molecular complexity index is 402. The van der Waals surface area contributed by atoms with Crippen LogP contribution in [0.4, 0.5) is 0 Å². The standard InChI is InChI=1S/C12H16N2O6S2/c13-5-21-3-9-17-1-7(19-9)11(15)12(16)8-2-18-10(20-8)4-22-6-14/h7-12,15-16H,1-4H2. The second kappa shape index (κ2) is 8.91. The molecule has 0 amide bonds. The van der Waals surface area contributed by atoms with Gasteiger partial charge in [-0.25, -0.2) is 0 Å². The smallest absolute Gasteiger partial charge is 0.168 e. The highest BCUT2D eigenvalue weighted by molar-refractivity contribution is 8.03. The van der Waals surface area contributed by atoms with E-state index in [1.165, 1.54) is 0 Å². The molecule has 0 aliphatic carbocycles. The van der Waals surface area contributed by atoms with E-state index in [1.54, 1.807) is 0 Å². The topological polar surface area (TPSA) is 125 Å². The fourth-order valence-electron chi connectivity index (χ4n) is 2.13. The van der Waals surface area contributed by atoms with Crippen LogP contribution in [0, 0.1) is 21.3 Å². The third-order valence-electron chi connectivity index (χ3n) is 3.23.